The smallest absolute Gasteiger partial charge is 0.413 e. The molecule has 0 amide bonds. The van der Waals surface area contributed by atoms with Crippen LogP contribution in [0, 0.1) is 19.9 Å². The third kappa shape index (κ3) is 5.05. The molecule has 10 heteroatoms. The van der Waals surface area contributed by atoms with Crippen LogP contribution in [0.5, 0.6) is 0 Å². The fraction of sp³-hybridized carbons (Fsp3) is 0.192. The maximum Gasteiger partial charge on any atom is 0.429 e. The van der Waals surface area contributed by atoms with Gasteiger partial charge in [0.25, 0.3) is 0 Å². The average molecular weight is 665 g/mol. The van der Waals surface area contributed by atoms with Crippen molar-refractivity contribution in [3.8, 4) is 22.8 Å². The molecule has 2 aromatic carbocycles. The van der Waals surface area contributed by atoms with Crippen LogP contribution < -0.4 is 5.10 Å². The number of hydrogen-bond donors (Lipinski definition) is 0. The van der Waals surface area contributed by atoms with Gasteiger partial charge in [0.1, 0.15) is 5.82 Å². The van der Waals surface area contributed by atoms with Gasteiger partial charge in [0.05, 0.1) is 11.4 Å². The fourth-order valence-corrected chi connectivity index (χ4v) is 4.17. The summed E-state index contributed by atoms with van der Waals surface area (Å²) in [5, 5.41) is 8.92. The van der Waals surface area contributed by atoms with Crippen LogP contribution in [0.1, 0.15) is 28.3 Å². The van der Waals surface area contributed by atoms with E-state index in [1.54, 1.807) is 12.1 Å². The molecule has 36 heavy (non-hydrogen) atoms. The summed E-state index contributed by atoms with van der Waals surface area (Å²) >= 11 is 0. The van der Waals surface area contributed by atoms with Crippen molar-refractivity contribution in [2.24, 2.45) is 0 Å². The van der Waals surface area contributed by atoms with Crippen LogP contribution in [0.4, 0.5) is 13.2 Å². The van der Waals surface area contributed by atoms with Crippen molar-refractivity contribution in [1.29, 1.82) is 0 Å². The largest absolute Gasteiger partial charge is 0.429 e. The molecule has 3 heterocycles. The van der Waals surface area contributed by atoms with Gasteiger partial charge in [-0.05, 0) is 38.2 Å². The Morgan fingerprint density at radius 3 is 2.44 bits per heavy atom. The first-order valence-corrected chi connectivity index (χ1v) is 10.9. The molecule has 3 aromatic heterocycles. The second kappa shape index (κ2) is 10.2. The zero-order valence-electron chi connectivity index (χ0n) is 19.3. The summed E-state index contributed by atoms with van der Waals surface area (Å²) in [4.78, 5) is 16.2. The molecule has 0 bridgehead atoms. The van der Waals surface area contributed by atoms with Crippen molar-refractivity contribution >= 4 is 10.8 Å². The standard InChI is InChI=1S/C18H15N2.C8H4F3N4.Ir/c1-11-10-19-18(12(2)20-11)16-9-8-14-7-6-13-4-3-5-15(16)17(13)14;9-8(10,11)7-13-6(14-15-7)5-3-1-2-4-12-5;/h3-5,8,10H,6-7H2,1-2H3;1-4H;/q2*-1;. The predicted molar refractivity (Wildman–Crippen MR) is 124 cm³/mol. The van der Waals surface area contributed by atoms with Crippen LogP contribution >= 0.6 is 0 Å². The van der Waals surface area contributed by atoms with Crippen LogP contribution in [0.25, 0.3) is 33.5 Å². The third-order valence-electron chi connectivity index (χ3n) is 5.70. The molecule has 0 fully saturated rings. The van der Waals surface area contributed by atoms with E-state index >= 15 is 0 Å². The van der Waals surface area contributed by atoms with Gasteiger partial charge < -0.3 is 15.1 Å². The molecule has 0 N–H and O–H groups in total. The zero-order valence-corrected chi connectivity index (χ0v) is 21.7. The molecule has 0 saturated heterocycles. The number of aryl methyl sites for hydroxylation is 4. The van der Waals surface area contributed by atoms with E-state index in [2.05, 4.69) is 60.5 Å². The molecule has 6 nitrogen and oxygen atoms in total. The number of halogens is 3. The molecule has 0 atom stereocenters. The van der Waals surface area contributed by atoms with Gasteiger partial charge in [-0.15, -0.1) is 23.3 Å². The van der Waals surface area contributed by atoms with E-state index in [1.807, 2.05) is 20.0 Å². The summed E-state index contributed by atoms with van der Waals surface area (Å²) in [7, 11) is 0. The Morgan fingerprint density at radius 2 is 1.75 bits per heavy atom. The summed E-state index contributed by atoms with van der Waals surface area (Å²) in [6.45, 7) is 3.99. The quantitative estimate of drug-likeness (QED) is 0.238. The summed E-state index contributed by atoms with van der Waals surface area (Å²) in [6, 6.07) is 16.9. The number of hydrogen-bond acceptors (Lipinski definition) is 5. The van der Waals surface area contributed by atoms with Crippen LogP contribution in [-0.4, -0.2) is 25.0 Å². The van der Waals surface area contributed by atoms with Crippen molar-refractivity contribution < 1.29 is 33.3 Å². The first-order chi connectivity index (χ1) is 16.8. The molecule has 0 spiro atoms. The van der Waals surface area contributed by atoms with Crippen LogP contribution in [0.3, 0.4) is 0 Å². The van der Waals surface area contributed by atoms with Gasteiger partial charge in [-0.3, -0.25) is 15.1 Å². The Morgan fingerprint density at radius 1 is 0.944 bits per heavy atom. The molecular formula is C26H19F3IrN6-2. The van der Waals surface area contributed by atoms with Gasteiger partial charge in [-0.2, -0.15) is 13.2 Å². The van der Waals surface area contributed by atoms with Gasteiger partial charge in [-0.25, -0.2) is 0 Å². The van der Waals surface area contributed by atoms with Crippen molar-refractivity contribution in [2.75, 3.05) is 0 Å². The molecule has 0 unspecified atom stereocenters. The van der Waals surface area contributed by atoms with E-state index in [4.69, 9.17) is 0 Å². The van der Waals surface area contributed by atoms with E-state index in [0.29, 0.717) is 0 Å². The Balaban J connectivity index is 0.000000172. The molecule has 6 rings (SSSR count). The number of nitrogens with zero attached hydrogens (tertiary/aromatic N) is 6. The van der Waals surface area contributed by atoms with Crippen LogP contribution in [0.2, 0.25) is 0 Å². The van der Waals surface area contributed by atoms with Crippen molar-refractivity contribution in [2.45, 2.75) is 32.9 Å². The van der Waals surface area contributed by atoms with E-state index in [1.165, 1.54) is 34.2 Å². The first-order valence-electron chi connectivity index (χ1n) is 10.9. The van der Waals surface area contributed by atoms with Gasteiger partial charge in [0.15, 0.2) is 0 Å². The molecule has 0 saturated carbocycles. The Labute approximate surface area is 218 Å². The van der Waals surface area contributed by atoms with Gasteiger partial charge in [0, 0.05) is 43.9 Å². The topological polar surface area (TPSA) is 78.5 Å². The van der Waals surface area contributed by atoms with Gasteiger partial charge >= 0.3 is 6.18 Å². The number of aromatic nitrogens is 6. The summed E-state index contributed by atoms with van der Waals surface area (Å²) in [5.74, 6) is -1.37. The predicted octanol–water partition coefficient (Wildman–Crippen LogP) is 5.32. The minimum atomic E-state index is -4.57. The number of benzene rings is 2. The summed E-state index contributed by atoms with van der Waals surface area (Å²) < 4.78 is 36.4. The van der Waals surface area contributed by atoms with Crippen LogP contribution in [-0.2, 0) is 39.1 Å². The Bertz CT molecular complexity index is 1510. The van der Waals surface area contributed by atoms with Crippen molar-refractivity contribution in [3.05, 3.63) is 89.3 Å². The van der Waals surface area contributed by atoms with Crippen LogP contribution in [0.15, 0.2) is 54.9 Å². The second-order valence-electron chi connectivity index (χ2n) is 8.15. The maximum absolute atomic E-state index is 12.1. The van der Waals surface area contributed by atoms with E-state index in [-0.39, 0.29) is 31.6 Å². The number of pyridine rings is 1. The zero-order chi connectivity index (χ0) is 24.6. The van der Waals surface area contributed by atoms with Crippen molar-refractivity contribution in [3.63, 3.8) is 0 Å². The van der Waals surface area contributed by atoms with E-state index < -0.39 is 12.0 Å². The summed E-state index contributed by atoms with van der Waals surface area (Å²) in [6.07, 6.45) is 0.978. The monoisotopic (exact) mass is 665 g/mol. The van der Waals surface area contributed by atoms with Crippen molar-refractivity contribution in [1.82, 2.24) is 30.1 Å². The van der Waals surface area contributed by atoms with E-state index in [9.17, 15) is 13.2 Å². The molecule has 1 radical (unpaired) electrons. The van der Waals surface area contributed by atoms with E-state index in [0.717, 1.165) is 35.5 Å². The average Bonchev–Trinajstić information content (AvgIpc) is 3.50. The minimum absolute atomic E-state index is 0. The fourth-order valence-electron chi connectivity index (χ4n) is 4.17. The normalized spacial score (nSPS) is 12.1. The Hall–Kier alpha value is -3.49. The molecule has 0 aliphatic heterocycles. The maximum atomic E-state index is 12.1. The number of alkyl halides is 3. The Kier molecular flexibility index (Phi) is 7.28. The molecule has 1 aliphatic rings. The second-order valence-corrected chi connectivity index (χ2v) is 8.15. The summed E-state index contributed by atoms with van der Waals surface area (Å²) in [5.41, 5.74) is 7.09. The first kappa shape index (κ1) is 25.6. The van der Waals surface area contributed by atoms with Gasteiger partial charge in [-0.1, -0.05) is 47.0 Å². The SMILES string of the molecule is Cc1cnc(-c2[c-]cc3c4c(cccc24)CC3)c(C)n1.FC(F)(F)c1n[n-]c(-c2ccccn2)n1.[Ir]. The molecule has 1 aliphatic carbocycles. The third-order valence-corrected chi connectivity index (χ3v) is 5.70. The molecule has 185 valence electrons. The minimum Gasteiger partial charge on any atom is -0.413 e. The molecule has 5 aromatic rings. The molecular weight excluding hydrogens is 646 g/mol. The van der Waals surface area contributed by atoms with Gasteiger partial charge in [0.2, 0.25) is 0 Å². The number of rotatable bonds is 2.